The van der Waals surface area contributed by atoms with E-state index in [1.807, 2.05) is 18.2 Å². The van der Waals surface area contributed by atoms with Crippen molar-refractivity contribution in [1.82, 2.24) is 0 Å². The fourth-order valence-corrected chi connectivity index (χ4v) is 3.47. The summed E-state index contributed by atoms with van der Waals surface area (Å²) in [5.41, 5.74) is 7.66. The van der Waals surface area contributed by atoms with Crippen LogP contribution in [0.25, 0.3) is 0 Å². The summed E-state index contributed by atoms with van der Waals surface area (Å²) in [4.78, 5) is 2.62. The first-order valence-corrected chi connectivity index (χ1v) is 7.67. The van der Waals surface area contributed by atoms with E-state index >= 15 is 0 Å². The first-order valence-electron chi connectivity index (χ1n) is 6.89. The minimum Gasteiger partial charge on any atom is -0.389 e. The Hall–Kier alpha value is -0.800. The van der Waals surface area contributed by atoms with Gasteiger partial charge in [-0.3, -0.25) is 0 Å². The minimum atomic E-state index is 0.371. The van der Waals surface area contributed by atoms with E-state index in [2.05, 4.69) is 11.9 Å². The van der Waals surface area contributed by atoms with E-state index in [0.717, 1.165) is 23.7 Å². The Bertz CT molecular complexity index is 455. The number of hydrogen-bond acceptors (Lipinski definition) is 2. The third-order valence-electron chi connectivity index (χ3n) is 3.91. The van der Waals surface area contributed by atoms with Crippen molar-refractivity contribution in [3.8, 4) is 0 Å². The molecule has 1 aromatic carbocycles. The Morgan fingerprint density at radius 2 is 2.05 bits per heavy atom. The van der Waals surface area contributed by atoms with Gasteiger partial charge in [0.05, 0.1) is 10.6 Å². The average Bonchev–Trinajstić information content (AvgIpc) is 2.39. The molecule has 0 saturated heterocycles. The molecule has 0 unspecified atom stereocenters. The van der Waals surface area contributed by atoms with Crippen LogP contribution < -0.4 is 10.6 Å². The molecule has 0 atom stereocenters. The predicted octanol–water partition coefficient (Wildman–Crippen LogP) is 3.99. The lowest BCUT2D eigenvalue weighted by atomic mass is 9.89. The monoisotopic (exact) mass is 296 g/mol. The summed E-state index contributed by atoms with van der Waals surface area (Å²) in [6, 6.07) is 5.84. The Labute approximate surface area is 125 Å². The molecule has 0 radical (unpaired) electrons. The summed E-state index contributed by atoms with van der Waals surface area (Å²) in [6.07, 6.45) is 6.75. The second-order valence-electron chi connectivity index (χ2n) is 5.38. The third kappa shape index (κ3) is 3.61. The molecule has 0 amide bonds. The van der Waals surface area contributed by atoms with E-state index in [4.69, 9.17) is 29.6 Å². The lowest BCUT2D eigenvalue weighted by molar-refractivity contribution is 0.362. The summed E-state index contributed by atoms with van der Waals surface area (Å²) >= 11 is 11.3. The van der Waals surface area contributed by atoms with E-state index < -0.39 is 0 Å². The van der Waals surface area contributed by atoms with Gasteiger partial charge in [-0.2, -0.15) is 0 Å². The lowest BCUT2D eigenvalue weighted by Gasteiger charge is -2.29. The van der Waals surface area contributed by atoms with Gasteiger partial charge in [-0.05, 0) is 30.9 Å². The molecule has 2 N–H and O–H groups in total. The van der Waals surface area contributed by atoms with Gasteiger partial charge in [0.1, 0.15) is 4.99 Å². The fourth-order valence-electron chi connectivity index (χ4n) is 2.93. The van der Waals surface area contributed by atoms with Crippen molar-refractivity contribution >= 4 is 34.5 Å². The number of rotatable bonds is 4. The molecule has 0 bridgehead atoms. The lowest BCUT2D eigenvalue weighted by Crippen LogP contribution is -2.29. The second kappa shape index (κ2) is 6.58. The third-order valence-corrected chi connectivity index (χ3v) is 4.43. The molecular weight excluding hydrogens is 276 g/mol. The first kappa shape index (κ1) is 14.6. The summed E-state index contributed by atoms with van der Waals surface area (Å²) in [5, 5.41) is 0.639. The van der Waals surface area contributed by atoms with Crippen LogP contribution >= 0.6 is 23.8 Å². The quantitative estimate of drug-likeness (QED) is 0.852. The van der Waals surface area contributed by atoms with Gasteiger partial charge in [-0.15, -0.1) is 0 Å². The van der Waals surface area contributed by atoms with Gasteiger partial charge in [0.25, 0.3) is 0 Å². The molecule has 0 spiro atoms. The van der Waals surface area contributed by atoms with Crippen molar-refractivity contribution in [3.63, 3.8) is 0 Å². The van der Waals surface area contributed by atoms with Gasteiger partial charge >= 0.3 is 0 Å². The van der Waals surface area contributed by atoms with E-state index in [9.17, 15) is 0 Å². The average molecular weight is 297 g/mol. The summed E-state index contributed by atoms with van der Waals surface area (Å²) in [6.45, 7) is 1.05. The normalized spacial score (nSPS) is 16.3. The van der Waals surface area contributed by atoms with E-state index in [0.29, 0.717) is 10.0 Å². The zero-order valence-corrected chi connectivity index (χ0v) is 12.9. The molecule has 1 aliphatic carbocycles. The van der Waals surface area contributed by atoms with Crippen LogP contribution in [0.2, 0.25) is 5.02 Å². The minimum absolute atomic E-state index is 0.371. The van der Waals surface area contributed by atoms with E-state index in [1.165, 1.54) is 32.1 Å². The van der Waals surface area contributed by atoms with Crippen LogP contribution in [0, 0.1) is 5.92 Å². The Kier molecular flexibility index (Phi) is 5.06. The summed E-state index contributed by atoms with van der Waals surface area (Å²) in [5.74, 6) is 0.775. The van der Waals surface area contributed by atoms with E-state index in [1.54, 1.807) is 0 Å². The molecule has 1 aliphatic rings. The molecule has 104 valence electrons. The zero-order valence-electron chi connectivity index (χ0n) is 11.4. The number of halogens is 1. The SMILES string of the molecule is CN(CC1CCCCC1)c1cccc(Cl)c1C(N)=S. The van der Waals surface area contributed by atoms with E-state index in [-0.39, 0.29) is 0 Å². The highest BCUT2D eigenvalue weighted by molar-refractivity contribution is 7.80. The molecule has 2 nitrogen and oxygen atoms in total. The van der Waals surface area contributed by atoms with Crippen molar-refractivity contribution < 1.29 is 0 Å². The van der Waals surface area contributed by atoms with Crippen LogP contribution in [-0.4, -0.2) is 18.6 Å². The van der Waals surface area contributed by atoms with Crippen LogP contribution in [0.1, 0.15) is 37.7 Å². The number of thiocarbonyl (C=S) groups is 1. The van der Waals surface area contributed by atoms with Crippen molar-refractivity contribution in [2.45, 2.75) is 32.1 Å². The molecule has 2 rings (SSSR count). The van der Waals surface area contributed by atoms with Crippen LogP contribution in [0.15, 0.2) is 18.2 Å². The zero-order chi connectivity index (χ0) is 13.8. The van der Waals surface area contributed by atoms with Gasteiger partial charge in [0.15, 0.2) is 0 Å². The highest BCUT2D eigenvalue weighted by Crippen LogP contribution is 2.30. The molecular formula is C15H21ClN2S. The second-order valence-corrected chi connectivity index (χ2v) is 6.23. The highest BCUT2D eigenvalue weighted by atomic mass is 35.5. The standard InChI is InChI=1S/C15H21ClN2S/c1-18(10-11-6-3-2-4-7-11)13-9-5-8-12(16)14(13)15(17)19/h5,8-9,11H,2-4,6-7,10H2,1H3,(H2,17,19). The topological polar surface area (TPSA) is 29.3 Å². The Balaban J connectivity index is 2.16. The molecule has 1 saturated carbocycles. The fraction of sp³-hybridized carbons (Fsp3) is 0.533. The molecule has 1 aromatic rings. The van der Waals surface area contributed by atoms with Gasteiger partial charge in [-0.25, -0.2) is 0 Å². The van der Waals surface area contributed by atoms with Crippen LogP contribution in [0.5, 0.6) is 0 Å². The molecule has 4 heteroatoms. The smallest absolute Gasteiger partial charge is 0.107 e. The summed E-state index contributed by atoms with van der Waals surface area (Å²) in [7, 11) is 2.10. The van der Waals surface area contributed by atoms with Crippen molar-refractivity contribution in [2.75, 3.05) is 18.5 Å². The Morgan fingerprint density at radius 1 is 1.37 bits per heavy atom. The summed E-state index contributed by atoms with van der Waals surface area (Å²) < 4.78 is 0. The van der Waals surface area contributed by atoms with Gasteiger partial charge in [0.2, 0.25) is 0 Å². The number of benzene rings is 1. The maximum Gasteiger partial charge on any atom is 0.107 e. The maximum atomic E-state index is 6.22. The van der Waals surface area contributed by atoms with Gasteiger partial charge < -0.3 is 10.6 Å². The highest BCUT2D eigenvalue weighted by Gasteiger charge is 2.18. The molecule has 19 heavy (non-hydrogen) atoms. The number of nitrogens with two attached hydrogens (primary N) is 1. The number of hydrogen-bond donors (Lipinski definition) is 1. The van der Waals surface area contributed by atoms with Crippen molar-refractivity contribution in [3.05, 3.63) is 28.8 Å². The van der Waals surface area contributed by atoms with Crippen molar-refractivity contribution in [2.24, 2.45) is 11.7 Å². The van der Waals surface area contributed by atoms with Crippen molar-refractivity contribution in [1.29, 1.82) is 0 Å². The molecule has 0 aromatic heterocycles. The first-order chi connectivity index (χ1) is 9.09. The number of nitrogens with zero attached hydrogens (tertiary/aromatic N) is 1. The number of anilines is 1. The molecule has 0 aliphatic heterocycles. The Morgan fingerprint density at radius 3 is 2.68 bits per heavy atom. The largest absolute Gasteiger partial charge is 0.389 e. The molecule has 0 heterocycles. The predicted molar refractivity (Wildman–Crippen MR) is 87.2 cm³/mol. The van der Waals surface area contributed by atoms with Gasteiger partial charge in [0, 0.05) is 19.3 Å². The van der Waals surface area contributed by atoms with Crippen LogP contribution in [0.3, 0.4) is 0 Å². The van der Waals surface area contributed by atoms with Crippen LogP contribution in [0.4, 0.5) is 5.69 Å². The van der Waals surface area contributed by atoms with Gasteiger partial charge in [-0.1, -0.05) is 49.1 Å². The molecule has 1 fully saturated rings. The maximum absolute atomic E-state index is 6.22. The van der Waals surface area contributed by atoms with Crippen LogP contribution in [-0.2, 0) is 0 Å².